The van der Waals surface area contributed by atoms with Crippen molar-refractivity contribution in [3.63, 3.8) is 0 Å². The number of hydrogen-bond donors (Lipinski definition) is 1. The number of rotatable bonds is 4. The molecule has 1 aliphatic rings. The van der Waals surface area contributed by atoms with Crippen molar-refractivity contribution in [2.45, 2.75) is 39.1 Å². The first-order valence-electron chi connectivity index (χ1n) is 6.56. The van der Waals surface area contributed by atoms with E-state index in [1.54, 1.807) is 18.2 Å². The molecule has 0 spiro atoms. The number of piperazine rings is 1. The quantitative estimate of drug-likeness (QED) is 0.909. The van der Waals surface area contributed by atoms with Crippen LogP contribution in [0.15, 0.2) is 24.3 Å². The molecule has 5 heteroatoms. The lowest BCUT2D eigenvalue weighted by Crippen LogP contribution is -2.53. The molecule has 3 nitrogen and oxygen atoms in total. The van der Waals surface area contributed by atoms with E-state index in [9.17, 15) is 8.78 Å². The summed E-state index contributed by atoms with van der Waals surface area (Å²) in [5.41, 5.74) is 0.999. The fourth-order valence-electron chi connectivity index (χ4n) is 2.37. The summed E-state index contributed by atoms with van der Waals surface area (Å²) < 4.78 is 28.8. The van der Waals surface area contributed by atoms with Gasteiger partial charge in [0.2, 0.25) is 0 Å². The van der Waals surface area contributed by atoms with Gasteiger partial charge in [-0.1, -0.05) is 12.1 Å². The average Bonchev–Trinajstić information content (AvgIpc) is 2.33. The fourth-order valence-corrected chi connectivity index (χ4v) is 2.37. The van der Waals surface area contributed by atoms with Crippen LogP contribution in [0.3, 0.4) is 0 Å². The van der Waals surface area contributed by atoms with Crippen LogP contribution >= 0.6 is 0 Å². The normalized spacial score (nSPS) is 24.7. The minimum absolute atomic E-state index is 0.225. The zero-order valence-corrected chi connectivity index (χ0v) is 11.3. The van der Waals surface area contributed by atoms with E-state index in [4.69, 9.17) is 0 Å². The van der Waals surface area contributed by atoms with Crippen LogP contribution in [0.5, 0.6) is 5.75 Å². The summed E-state index contributed by atoms with van der Waals surface area (Å²) in [4.78, 5) is 2.35. The Hall–Kier alpha value is -1.20. The second-order valence-corrected chi connectivity index (χ2v) is 5.11. The topological polar surface area (TPSA) is 24.5 Å². The first-order valence-corrected chi connectivity index (χ1v) is 6.56. The Balaban J connectivity index is 2.01. The third-order valence-corrected chi connectivity index (χ3v) is 3.40. The van der Waals surface area contributed by atoms with Gasteiger partial charge in [0.05, 0.1) is 0 Å². The minimum Gasteiger partial charge on any atom is -0.435 e. The number of nitrogens with zero attached hydrogens (tertiary/aromatic N) is 1. The van der Waals surface area contributed by atoms with Crippen LogP contribution in [0.2, 0.25) is 0 Å². The molecule has 0 aromatic heterocycles. The Labute approximate surface area is 112 Å². The van der Waals surface area contributed by atoms with E-state index < -0.39 is 6.61 Å². The number of benzene rings is 1. The molecule has 1 fully saturated rings. The van der Waals surface area contributed by atoms with Crippen LogP contribution in [0, 0.1) is 0 Å². The number of hydrogen-bond acceptors (Lipinski definition) is 3. The standard InChI is InChI=1S/C14H20F2N2O/c1-10-8-18(11(2)7-17-10)9-12-4-3-5-13(6-12)19-14(15)16/h3-6,10-11,14,17H,7-9H2,1-2H3. The molecule has 1 saturated heterocycles. The van der Waals surface area contributed by atoms with E-state index >= 15 is 0 Å². The number of ether oxygens (including phenoxy) is 1. The van der Waals surface area contributed by atoms with Crippen molar-refractivity contribution in [1.29, 1.82) is 0 Å². The van der Waals surface area contributed by atoms with Gasteiger partial charge in [-0.3, -0.25) is 4.90 Å². The molecule has 106 valence electrons. The van der Waals surface area contributed by atoms with Gasteiger partial charge >= 0.3 is 6.61 Å². The summed E-state index contributed by atoms with van der Waals surface area (Å²) in [5.74, 6) is 0.225. The van der Waals surface area contributed by atoms with Crippen LogP contribution < -0.4 is 10.1 Å². The number of alkyl halides is 2. The molecule has 2 atom stereocenters. The van der Waals surface area contributed by atoms with Crippen molar-refractivity contribution in [2.75, 3.05) is 13.1 Å². The Kier molecular flexibility index (Phi) is 4.71. The molecule has 1 heterocycles. The summed E-state index contributed by atoms with van der Waals surface area (Å²) in [6.45, 7) is 4.21. The lowest BCUT2D eigenvalue weighted by molar-refractivity contribution is -0.0499. The lowest BCUT2D eigenvalue weighted by Gasteiger charge is -2.37. The van der Waals surface area contributed by atoms with Gasteiger partial charge in [-0.25, -0.2) is 0 Å². The van der Waals surface area contributed by atoms with Crippen LogP contribution in [0.25, 0.3) is 0 Å². The molecule has 1 aromatic carbocycles. The Morgan fingerprint density at radius 1 is 1.42 bits per heavy atom. The smallest absolute Gasteiger partial charge is 0.387 e. The van der Waals surface area contributed by atoms with Gasteiger partial charge in [0, 0.05) is 31.7 Å². The SMILES string of the molecule is CC1CN(Cc2cccc(OC(F)F)c2)C(C)CN1. The van der Waals surface area contributed by atoms with Gasteiger partial charge in [0.15, 0.2) is 0 Å². The van der Waals surface area contributed by atoms with Crippen LogP contribution in [-0.2, 0) is 6.54 Å². The third kappa shape index (κ3) is 4.14. The molecule has 1 aromatic rings. The molecular weight excluding hydrogens is 250 g/mol. The first kappa shape index (κ1) is 14.2. The summed E-state index contributed by atoms with van der Waals surface area (Å²) in [7, 11) is 0. The molecule has 1 N–H and O–H groups in total. The monoisotopic (exact) mass is 270 g/mol. The molecule has 0 saturated carbocycles. The van der Waals surface area contributed by atoms with Crippen molar-refractivity contribution in [3.8, 4) is 5.75 Å². The van der Waals surface area contributed by atoms with E-state index in [2.05, 4.69) is 28.8 Å². The molecule has 19 heavy (non-hydrogen) atoms. The molecule has 0 radical (unpaired) electrons. The van der Waals surface area contributed by atoms with Gasteiger partial charge in [-0.05, 0) is 31.5 Å². The summed E-state index contributed by atoms with van der Waals surface area (Å²) in [6.07, 6.45) is 0. The average molecular weight is 270 g/mol. The largest absolute Gasteiger partial charge is 0.435 e. The van der Waals surface area contributed by atoms with Gasteiger partial charge in [0.1, 0.15) is 5.75 Å². The number of nitrogens with one attached hydrogen (secondary N) is 1. The second-order valence-electron chi connectivity index (χ2n) is 5.11. The van der Waals surface area contributed by atoms with E-state index in [-0.39, 0.29) is 5.75 Å². The highest BCUT2D eigenvalue weighted by Gasteiger charge is 2.22. The molecular formula is C14H20F2N2O. The lowest BCUT2D eigenvalue weighted by atomic mass is 10.1. The van der Waals surface area contributed by atoms with Crippen LogP contribution in [0.1, 0.15) is 19.4 Å². The zero-order valence-electron chi connectivity index (χ0n) is 11.3. The minimum atomic E-state index is -2.77. The van der Waals surface area contributed by atoms with E-state index in [1.165, 1.54) is 0 Å². The van der Waals surface area contributed by atoms with Gasteiger partial charge in [0.25, 0.3) is 0 Å². The Morgan fingerprint density at radius 2 is 2.21 bits per heavy atom. The van der Waals surface area contributed by atoms with Gasteiger partial charge in [-0.2, -0.15) is 8.78 Å². The third-order valence-electron chi connectivity index (χ3n) is 3.40. The predicted octanol–water partition coefficient (Wildman–Crippen LogP) is 2.47. The highest BCUT2D eigenvalue weighted by Crippen LogP contribution is 2.19. The predicted molar refractivity (Wildman–Crippen MR) is 70.4 cm³/mol. The maximum Gasteiger partial charge on any atom is 0.387 e. The molecule has 1 aliphatic heterocycles. The first-order chi connectivity index (χ1) is 9.04. The summed E-state index contributed by atoms with van der Waals surface area (Å²) in [6, 6.07) is 7.83. The van der Waals surface area contributed by atoms with Crippen molar-refractivity contribution in [2.24, 2.45) is 0 Å². The maximum absolute atomic E-state index is 12.2. The Bertz CT molecular complexity index is 414. The highest BCUT2D eigenvalue weighted by molar-refractivity contribution is 5.28. The van der Waals surface area contributed by atoms with E-state index in [0.717, 1.165) is 25.2 Å². The molecule has 0 bridgehead atoms. The van der Waals surface area contributed by atoms with Crippen molar-refractivity contribution >= 4 is 0 Å². The summed E-state index contributed by atoms with van der Waals surface area (Å²) in [5, 5.41) is 3.42. The van der Waals surface area contributed by atoms with Crippen molar-refractivity contribution < 1.29 is 13.5 Å². The second kappa shape index (κ2) is 6.30. The zero-order chi connectivity index (χ0) is 13.8. The molecule has 2 unspecified atom stereocenters. The fraction of sp³-hybridized carbons (Fsp3) is 0.571. The van der Waals surface area contributed by atoms with E-state index in [0.29, 0.717) is 12.1 Å². The highest BCUT2D eigenvalue weighted by atomic mass is 19.3. The van der Waals surface area contributed by atoms with E-state index in [1.807, 2.05) is 6.07 Å². The summed E-state index contributed by atoms with van der Waals surface area (Å²) >= 11 is 0. The van der Waals surface area contributed by atoms with Gasteiger partial charge in [-0.15, -0.1) is 0 Å². The molecule has 2 rings (SSSR count). The van der Waals surface area contributed by atoms with Crippen LogP contribution in [0.4, 0.5) is 8.78 Å². The van der Waals surface area contributed by atoms with Crippen molar-refractivity contribution in [1.82, 2.24) is 10.2 Å². The molecule has 0 aliphatic carbocycles. The Morgan fingerprint density at radius 3 is 2.95 bits per heavy atom. The van der Waals surface area contributed by atoms with Gasteiger partial charge < -0.3 is 10.1 Å². The van der Waals surface area contributed by atoms with Crippen LogP contribution in [-0.4, -0.2) is 36.7 Å². The van der Waals surface area contributed by atoms with Crippen molar-refractivity contribution in [3.05, 3.63) is 29.8 Å². The molecule has 0 amide bonds. The maximum atomic E-state index is 12.2. The number of halogens is 2.